The van der Waals surface area contributed by atoms with Gasteiger partial charge in [0.25, 0.3) is 0 Å². The zero-order valence-corrected chi connectivity index (χ0v) is 15.6. The number of fused-ring (bicyclic) bond motifs is 1. The Morgan fingerprint density at radius 1 is 1.04 bits per heavy atom. The fourth-order valence-electron chi connectivity index (χ4n) is 2.97. The molecule has 0 saturated carbocycles. The minimum atomic E-state index is 0.715. The fourth-order valence-corrected chi connectivity index (χ4v) is 3.95. The molecule has 5 heteroatoms. The van der Waals surface area contributed by atoms with Crippen LogP contribution in [0, 0.1) is 6.92 Å². The summed E-state index contributed by atoms with van der Waals surface area (Å²) in [6.07, 6.45) is 2.89. The number of hydrogen-bond acceptors (Lipinski definition) is 5. The molecule has 0 unspecified atom stereocenters. The summed E-state index contributed by atoms with van der Waals surface area (Å²) in [7, 11) is 0. The quantitative estimate of drug-likeness (QED) is 0.718. The summed E-state index contributed by atoms with van der Waals surface area (Å²) in [6, 6.07) is 14.5. The van der Waals surface area contributed by atoms with E-state index in [4.69, 9.17) is 9.47 Å². The molecule has 0 aliphatic carbocycles. The smallest absolute Gasteiger partial charge is 0.161 e. The van der Waals surface area contributed by atoms with Gasteiger partial charge < -0.3 is 14.8 Å². The van der Waals surface area contributed by atoms with Crippen molar-refractivity contribution in [3.8, 4) is 22.1 Å². The molecule has 0 radical (unpaired) electrons. The zero-order valence-electron chi connectivity index (χ0n) is 14.8. The lowest BCUT2D eigenvalue weighted by atomic mass is 10.1. The minimum Gasteiger partial charge on any atom is -0.490 e. The van der Waals surface area contributed by atoms with Crippen molar-refractivity contribution < 1.29 is 9.47 Å². The van der Waals surface area contributed by atoms with Crippen LogP contribution in [0.25, 0.3) is 10.6 Å². The second kappa shape index (κ2) is 7.89. The van der Waals surface area contributed by atoms with Crippen LogP contribution in [0.1, 0.15) is 22.4 Å². The molecule has 0 bridgehead atoms. The minimum absolute atomic E-state index is 0.715. The highest BCUT2D eigenvalue weighted by Crippen LogP contribution is 2.31. The van der Waals surface area contributed by atoms with Crippen LogP contribution in [0.2, 0.25) is 0 Å². The first-order chi connectivity index (χ1) is 12.8. The van der Waals surface area contributed by atoms with Gasteiger partial charge in [0.15, 0.2) is 11.5 Å². The third-order valence-corrected chi connectivity index (χ3v) is 5.40. The van der Waals surface area contributed by atoms with Crippen molar-refractivity contribution in [1.82, 2.24) is 10.3 Å². The zero-order chi connectivity index (χ0) is 17.8. The molecule has 2 aromatic carbocycles. The molecule has 3 aromatic rings. The molecule has 1 aromatic heterocycles. The first-order valence-electron chi connectivity index (χ1n) is 8.89. The number of thiazole rings is 1. The summed E-state index contributed by atoms with van der Waals surface area (Å²) in [4.78, 5) is 5.82. The predicted octanol–water partition coefficient (Wildman–Crippen LogP) is 4.57. The first kappa shape index (κ1) is 17.1. The molecule has 134 valence electrons. The second-order valence-electron chi connectivity index (χ2n) is 6.38. The standard InChI is InChI=1S/C21H22N2O2S/c1-15-5-2-3-6-18(15)21-23-14-17(26-21)13-22-12-16-7-8-19-20(11-16)25-10-4-9-24-19/h2-3,5-8,11,14,22H,4,9-10,12-13H2,1H3. The predicted molar refractivity (Wildman–Crippen MR) is 105 cm³/mol. The number of nitrogens with one attached hydrogen (secondary N) is 1. The van der Waals surface area contributed by atoms with E-state index in [0.29, 0.717) is 6.61 Å². The molecular formula is C21H22N2O2S. The molecule has 1 aliphatic rings. The van der Waals surface area contributed by atoms with Gasteiger partial charge in [0.2, 0.25) is 0 Å². The van der Waals surface area contributed by atoms with Gasteiger partial charge in [-0.05, 0) is 30.2 Å². The van der Waals surface area contributed by atoms with E-state index in [0.717, 1.165) is 42.6 Å². The number of hydrogen-bond donors (Lipinski definition) is 1. The Hall–Kier alpha value is -2.37. The molecule has 1 N–H and O–H groups in total. The van der Waals surface area contributed by atoms with Crippen molar-refractivity contribution in [3.05, 3.63) is 64.7 Å². The Balaban J connectivity index is 1.37. The molecule has 0 atom stereocenters. The van der Waals surface area contributed by atoms with Crippen LogP contribution in [0.4, 0.5) is 0 Å². The monoisotopic (exact) mass is 366 g/mol. The maximum absolute atomic E-state index is 5.76. The van der Waals surface area contributed by atoms with Gasteiger partial charge in [-0.1, -0.05) is 30.3 Å². The number of aryl methyl sites for hydroxylation is 1. The summed E-state index contributed by atoms with van der Waals surface area (Å²) in [6.45, 7) is 5.15. The van der Waals surface area contributed by atoms with Gasteiger partial charge >= 0.3 is 0 Å². The number of ether oxygens (including phenoxy) is 2. The maximum atomic E-state index is 5.76. The Kier molecular flexibility index (Phi) is 5.18. The van der Waals surface area contributed by atoms with Crippen molar-refractivity contribution in [1.29, 1.82) is 0 Å². The fraction of sp³-hybridized carbons (Fsp3) is 0.286. The highest BCUT2D eigenvalue weighted by Gasteiger charge is 2.11. The molecule has 4 nitrogen and oxygen atoms in total. The molecule has 26 heavy (non-hydrogen) atoms. The second-order valence-corrected chi connectivity index (χ2v) is 7.50. The van der Waals surface area contributed by atoms with Gasteiger partial charge in [0, 0.05) is 36.1 Å². The van der Waals surface area contributed by atoms with Crippen LogP contribution in [0.15, 0.2) is 48.7 Å². The summed E-state index contributed by atoms with van der Waals surface area (Å²) in [5.41, 5.74) is 3.66. The normalized spacial score (nSPS) is 13.4. The van der Waals surface area contributed by atoms with Crippen LogP contribution in [0.3, 0.4) is 0 Å². The van der Waals surface area contributed by atoms with Crippen molar-refractivity contribution in [2.75, 3.05) is 13.2 Å². The van der Waals surface area contributed by atoms with E-state index in [1.54, 1.807) is 11.3 Å². The van der Waals surface area contributed by atoms with E-state index in [2.05, 4.69) is 53.6 Å². The number of rotatable bonds is 5. The highest BCUT2D eigenvalue weighted by molar-refractivity contribution is 7.15. The largest absolute Gasteiger partial charge is 0.490 e. The molecule has 1 aliphatic heterocycles. The van der Waals surface area contributed by atoms with Crippen LogP contribution in [-0.2, 0) is 13.1 Å². The Bertz CT molecular complexity index is 891. The molecule has 0 amide bonds. The Morgan fingerprint density at radius 2 is 1.88 bits per heavy atom. The molecular weight excluding hydrogens is 344 g/mol. The van der Waals surface area contributed by atoms with E-state index < -0.39 is 0 Å². The third-order valence-electron chi connectivity index (χ3n) is 4.37. The number of nitrogens with zero attached hydrogens (tertiary/aromatic N) is 1. The first-order valence-corrected chi connectivity index (χ1v) is 9.71. The topological polar surface area (TPSA) is 43.4 Å². The van der Waals surface area contributed by atoms with Crippen LogP contribution < -0.4 is 14.8 Å². The number of aromatic nitrogens is 1. The van der Waals surface area contributed by atoms with E-state index in [-0.39, 0.29) is 0 Å². The SMILES string of the molecule is Cc1ccccc1-c1ncc(CNCc2ccc3c(c2)OCCCO3)s1. The summed E-state index contributed by atoms with van der Waals surface area (Å²) >= 11 is 1.74. The molecule has 2 heterocycles. The third kappa shape index (κ3) is 3.89. The Labute approximate surface area is 157 Å². The molecule has 0 spiro atoms. The van der Waals surface area contributed by atoms with Gasteiger partial charge in [0.05, 0.1) is 13.2 Å². The van der Waals surface area contributed by atoms with Crippen molar-refractivity contribution in [2.45, 2.75) is 26.4 Å². The molecule has 0 fully saturated rings. The summed E-state index contributed by atoms with van der Waals surface area (Å²) in [5.74, 6) is 1.69. The van der Waals surface area contributed by atoms with Crippen LogP contribution in [-0.4, -0.2) is 18.2 Å². The molecule has 0 saturated heterocycles. The summed E-state index contributed by atoms with van der Waals surface area (Å²) < 4.78 is 11.4. The van der Waals surface area contributed by atoms with Crippen molar-refractivity contribution in [3.63, 3.8) is 0 Å². The number of benzene rings is 2. The lowest BCUT2D eigenvalue weighted by molar-refractivity contribution is 0.297. The van der Waals surface area contributed by atoms with Gasteiger partial charge in [-0.2, -0.15) is 0 Å². The van der Waals surface area contributed by atoms with E-state index in [1.165, 1.54) is 21.6 Å². The van der Waals surface area contributed by atoms with Crippen molar-refractivity contribution >= 4 is 11.3 Å². The average Bonchev–Trinajstić information content (AvgIpc) is 2.99. The van der Waals surface area contributed by atoms with Gasteiger partial charge in [-0.3, -0.25) is 0 Å². The van der Waals surface area contributed by atoms with Crippen molar-refractivity contribution in [2.24, 2.45) is 0 Å². The van der Waals surface area contributed by atoms with E-state index in [9.17, 15) is 0 Å². The lowest BCUT2D eigenvalue weighted by Gasteiger charge is -2.09. The van der Waals surface area contributed by atoms with Crippen LogP contribution in [0.5, 0.6) is 11.5 Å². The Morgan fingerprint density at radius 3 is 2.77 bits per heavy atom. The highest BCUT2D eigenvalue weighted by atomic mass is 32.1. The van der Waals surface area contributed by atoms with Gasteiger partial charge in [-0.15, -0.1) is 11.3 Å². The molecule has 4 rings (SSSR count). The average molecular weight is 366 g/mol. The van der Waals surface area contributed by atoms with Gasteiger partial charge in [-0.25, -0.2) is 4.98 Å². The maximum Gasteiger partial charge on any atom is 0.161 e. The van der Waals surface area contributed by atoms with Crippen LogP contribution >= 0.6 is 11.3 Å². The summed E-state index contributed by atoms with van der Waals surface area (Å²) in [5, 5.41) is 4.57. The lowest BCUT2D eigenvalue weighted by Crippen LogP contribution is -2.11. The van der Waals surface area contributed by atoms with E-state index in [1.807, 2.05) is 12.3 Å². The van der Waals surface area contributed by atoms with E-state index >= 15 is 0 Å². The van der Waals surface area contributed by atoms with Gasteiger partial charge in [0.1, 0.15) is 5.01 Å².